The molecule has 0 unspecified atom stereocenters. The van der Waals surface area contributed by atoms with Crippen molar-refractivity contribution in [2.24, 2.45) is 0 Å². The fourth-order valence-electron chi connectivity index (χ4n) is 2.31. The van der Waals surface area contributed by atoms with Crippen LogP contribution in [0.15, 0.2) is 42.5 Å². The van der Waals surface area contributed by atoms with Gasteiger partial charge in [0.15, 0.2) is 0 Å². The van der Waals surface area contributed by atoms with Crippen LogP contribution in [0.1, 0.15) is 12.5 Å². The molecule has 24 heavy (non-hydrogen) atoms. The fourth-order valence-corrected chi connectivity index (χ4v) is 2.31. The van der Waals surface area contributed by atoms with E-state index in [4.69, 9.17) is 19.9 Å². The van der Waals surface area contributed by atoms with Crippen LogP contribution in [0.5, 0.6) is 17.2 Å². The number of benzene rings is 2. The zero-order valence-electron chi connectivity index (χ0n) is 14.4. The van der Waals surface area contributed by atoms with E-state index in [9.17, 15) is 0 Å². The van der Waals surface area contributed by atoms with E-state index in [0.29, 0.717) is 18.9 Å². The van der Waals surface area contributed by atoms with E-state index >= 15 is 0 Å². The van der Waals surface area contributed by atoms with Crippen molar-refractivity contribution < 1.29 is 14.2 Å². The second kappa shape index (κ2) is 9.67. The van der Waals surface area contributed by atoms with E-state index in [1.54, 1.807) is 7.11 Å². The first-order valence-electron chi connectivity index (χ1n) is 8.21. The molecule has 0 bridgehead atoms. The summed E-state index contributed by atoms with van der Waals surface area (Å²) >= 11 is 0. The van der Waals surface area contributed by atoms with Crippen LogP contribution in [0, 0.1) is 0 Å². The summed E-state index contributed by atoms with van der Waals surface area (Å²) in [6.45, 7) is 4.86. The molecule has 0 saturated carbocycles. The predicted octanol–water partition coefficient (Wildman–Crippen LogP) is 2.89. The smallest absolute Gasteiger partial charge is 0.142 e. The molecule has 2 rings (SSSR count). The molecule has 0 aliphatic rings. The third-order valence-corrected chi connectivity index (χ3v) is 3.57. The normalized spacial score (nSPS) is 10.4. The van der Waals surface area contributed by atoms with Crippen LogP contribution in [0.3, 0.4) is 0 Å². The van der Waals surface area contributed by atoms with E-state index in [0.717, 1.165) is 36.8 Å². The minimum absolute atomic E-state index is 0.623. The van der Waals surface area contributed by atoms with Crippen LogP contribution in [-0.2, 0) is 6.42 Å². The molecule has 0 saturated heterocycles. The van der Waals surface area contributed by atoms with Crippen molar-refractivity contribution >= 4 is 5.69 Å². The fraction of sp³-hybridized carbons (Fsp3) is 0.368. The summed E-state index contributed by atoms with van der Waals surface area (Å²) in [6, 6.07) is 13.5. The zero-order valence-corrected chi connectivity index (χ0v) is 14.4. The molecule has 3 N–H and O–H groups in total. The molecule has 2 aromatic rings. The number of ether oxygens (including phenoxy) is 3. The molecule has 5 heteroatoms. The molecule has 0 aliphatic heterocycles. The van der Waals surface area contributed by atoms with Gasteiger partial charge in [0.1, 0.15) is 23.9 Å². The van der Waals surface area contributed by atoms with Crippen LogP contribution < -0.4 is 25.3 Å². The lowest BCUT2D eigenvalue weighted by Crippen LogP contribution is -2.23. The molecule has 130 valence electrons. The Morgan fingerprint density at radius 2 is 1.71 bits per heavy atom. The lowest BCUT2D eigenvalue weighted by molar-refractivity contribution is 0.313. The molecule has 0 aliphatic carbocycles. The first-order valence-corrected chi connectivity index (χ1v) is 8.21. The van der Waals surface area contributed by atoms with E-state index in [1.165, 1.54) is 5.56 Å². The standard InChI is InChI=1S/C19H26N2O3/c1-3-23-19-9-4-15(14-18(19)20)10-11-21-12-13-24-17-7-5-16(22-2)6-8-17/h4-9,14,21H,3,10-13,20H2,1-2H3. The summed E-state index contributed by atoms with van der Waals surface area (Å²) in [5.41, 5.74) is 7.86. The van der Waals surface area contributed by atoms with Crippen molar-refractivity contribution in [1.82, 2.24) is 5.32 Å². The third kappa shape index (κ3) is 5.66. The molecule has 0 fully saturated rings. The number of rotatable bonds is 10. The maximum Gasteiger partial charge on any atom is 0.142 e. The zero-order chi connectivity index (χ0) is 17.2. The van der Waals surface area contributed by atoms with Crippen molar-refractivity contribution in [3.8, 4) is 17.2 Å². The van der Waals surface area contributed by atoms with Crippen molar-refractivity contribution in [3.05, 3.63) is 48.0 Å². The second-order valence-corrected chi connectivity index (χ2v) is 5.33. The Bertz CT molecular complexity index is 615. The Balaban J connectivity index is 1.63. The molecule has 0 atom stereocenters. The van der Waals surface area contributed by atoms with Gasteiger partial charge in [-0.2, -0.15) is 0 Å². The minimum atomic E-state index is 0.623. The third-order valence-electron chi connectivity index (χ3n) is 3.57. The number of nitrogens with one attached hydrogen (secondary N) is 1. The molecule has 0 heterocycles. The summed E-state index contributed by atoms with van der Waals surface area (Å²) in [5.74, 6) is 2.43. The van der Waals surface area contributed by atoms with Gasteiger partial charge in [0, 0.05) is 6.54 Å². The highest BCUT2D eigenvalue weighted by Gasteiger charge is 2.01. The van der Waals surface area contributed by atoms with Crippen LogP contribution in [0.4, 0.5) is 5.69 Å². The van der Waals surface area contributed by atoms with Gasteiger partial charge in [0.2, 0.25) is 0 Å². The largest absolute Gasteiger partial charge is 0.497 e. The number of methoxy groups -OCH3 is 1. The topological polar surface area (TPSA) is 65.7 Å². The maximum atomic E-state index is 5.97. The summed E-state index contributed by atoms with van der Waals surface area (Å²) < 4.78 is 16.2. The Morgan fingerprint density at radius 1 is 0.958 bits per heavy atom. The van der Waals surface area contributed by atoms with Crippen molar-refractivity contribution in [2.75, 3.05) is 39.1 Å². The number of nitrogens with two attached hydrogens (primary N) is 1. The average molecular weight is 330 g/mol. The van der Waals surface area contributed by atoms with Gasteiger partial charge in [0.05, 0.1) is 19.4 Å². The van der Waals surface area contributed by atoms with Crippen LogP contribution in [-0.4, -0.2) is 33.4 Å². The highest BCUT2D eigenvalue weighted by molar-refractivity contribution is 5.54. The summed E-state index contributed by atoms with van der Waals surface area (Å²) in [5, 5.41) is 3.36. The van der Waals surface area contributed by atoms with E-state index in [1.807, 2.05) is 43.3 Å². The highest BCUT2D eigenvalue weighted by Crippen LogP contribution is 2.22. The molecule has 0 radical (unpaired) electrons. The van der Waals surface area contributed by atoms with Crippen LogP contribution in [0.25, 0.3) is 0 Å². The van der Waals surface area contributed by atoms with Gasteiger partial charge < -0.3 is 25.3 Å². The summed E-state index contributed by atoms with van der Waals surface area (Å²) in [4.78, 5) is 0. The van der Waals surface area contributed by atoms with Gasteiger partial charge in [-0.1, -0.05) is 6.07 Å². The Hall–Kier alpha value is -2.40. The monoisotopic (exact) mass is 330 g/mol. The van der Waals surface area contributed by atoms with Crippen molar-refractivity contribution in [3.63, 3.8) is 0 Å². The minimum Gasteiger partial charge on any atom is -0.497 e. The molecule has 5 nitrogen and oxygen atoms in total. The van der Waals surface area contributed by atoms with Gasteiger partial charge in [-0.05, 0) is 61.9 Å². The summed E-state index contributed by atoms with van der Waals surface area (Å²) in [6.07, 6.45) is 0.916. The highest BCUT2D eigenvalue weighted by atomic mass is 16.5. The van der Waals surface area contributed by atoms with E-state index in [-0.39, 0.29) is 0 Å². The predicted molar refractivity (Wildman–Crippen MR) is 97.1 cm³/mol. The van der Waals surface area contributed by atoms with E-state index < -0.39 is 0 Å². The lowest BCUT2D eigenvalue weighted by Gasteiger charge is -2.10. The molecular weight excluding hydrogens is 304 g/mol. The van der Waals surface area contributed by atoms with Gasteiger partial charge in [-0.3, -0.25) is 0 Å². The lowest BCUT2D eigenvalue weighted by atomic mass is 10.1. The quantitative estimate of drug-likeness (QED) is 0.518. The SMILES string of the molecule is CCOc1ccc(CCNCCOc2ccc(OC)cc2)cc1N. The van der Waals surface area contributed by atoms with Gasteiger partial charge in [0.25, 0.3) is 0 Å². The first kappa shape index (κ1) is 17.9. The Morgan fingerprint density at radius 3 is 2.38 bits per heavy atom. The number of anilines is 1. The number of hydrogen-bond donors (Lipinski definition) is 2. The maximum absolute atomic E-state index is 5.97. The number of nitrogen functional groups attached to an aromatic ring is 1. The molecular formula is C19H26N2O3. The van der Waals surface area contributed by atoms with E-state index in [2.05, 4.69) is 11.4 Å². The number of hydrogen-bond acceptors (Lipinski definition) is 5. The molecule has 0 aromatic heterocycles. The first-order chi connectivity index (χ1) is 11.7. The second-order valence-electron chi connectivity index (χ2n) is 5.33. The Kier molecular flexibility index (Phi) is 7.23. The Labute approximate surface area is 143 Å². The van der Waals surface area contributed by atoms with Gasteiger partial charge >= 0.3 is 0 Å². The average Bonchev–Trinajstić information content (AvgIpc) is 2.61. The molecule has 2 aromatic carbocycles. The van der Waals surface area contributed by atoms with Crippen LogP contribution >= 0.6 is 0 Å². The molecule has 0 spiro atoms. The van der Waals surface area contributed by atoms with Gasteiger partial charge in [-0.15, -0.1) is 0 Å². The van der Waals surface area contributed by atoms with Gasteiger partial charge in [-0.25, -0.2) is 0 Å². The summed E-state index contributed by atoms with van der Waals surface area (Å²) in [7, 11) is 1.65. The van der Waals surface area contributed by atoms with Crippen molar-refractivity contribution in [1.29, 1.82) is 0 Å². The van der Waals surface area contributed by atoms with Crippen LogP contribution in [0.2, 0.25) is 0 Å². The van der Waals surface area contributed by atoms with Crippen molar-refractivity contribution in [2.45, 2.75) is 13.3 Å². The molecule has 0 amide bonds.